The molecule has 2 amide bonds. The Balaban J connectivity index is 1.86. The Kier molecular flexibility index (Phi) is 4.41. The van der Waals surface area contributed by atoms with Gasteiger partial charge in [0.2, 0.25) is 5.91 Å². The number of amides is 2. The van der Waals surface area contributed by atoms with Gasteiger partial charge in [0, 0.05) is 38.2 Å². The fraction of sp³-hybridized carbons (Fsp3) is 0.600. The number of carbonyl (C=O) groups is 2. The highest BCUT2D eigenvalue weighted by molar-refractivity contribution is 5.95. The molecular formula is C20H28N2O2. The van der Waals surface area contributed by atoms with Crippen LogP contribution < -0.4 is 0 Å². The van der Waals surface area contributed by atoms with Crippen molar-refractivity contribution in [3.63, 3.8) is 0 Å². The number of benzene rings is 1. The van der Waals surface area contributed by atoms with Crippen molar-refractivity contribution in [1.29, 1.82) is 0 Å². The van der Waals surface area contributed by atoms with E-state index in [0.29, 0.717) is 6.54 Å². The number of rotatable bonds is 2. The predicted octanol–water partition coefficient (Wildman–Crippen LogP) is 3.02. The molecule has 1 saturated heterocycles. The summed E-state index contributed by atoms with van der Waals surface area (Å²) in [5.74, 6) is 0.191. The van der Waals surface area contributed by atoms with Crippen molar-refractivity contribution in [3.8, 4) is 0 Å². The van der Waals surface area contributed by atoms with Crippen LogP contribution in [-0.4, -0.2) is 48.8 Å². The maximum Gasteiger partial charge on any atom is 0.253 e. The van der Waals surface area contributed by atoms with E-state index < -0.39 is 0 Å². The third-order valence-corrected chi connectivity index (χ3v) is 6.03. The number of carbonyl (C=O) groups excluding carboxylic acids is 2. The summed E-state index contributed by atoms with van der Waals surface area (Å²) in [6.07, 6.45) is 4.47. The Morgan fingerprint density at radius 3 is 2.38 bits per heavy atom. The lowest BCUT2D eigenvalue weighted by Crippen LogP contribution is -2.39. The van der Waals surface area contributed by atoms with Crippen molar-refractivity contribution in [2.75, 3.05) is 27.2 Å². The van der Waals surface area contributed by atoms with Gasteiger partial charge in [0.1, 0.15) is 0 Å². The Morgan fingerprint density at radius 1 is 1.12 bits per heavy atom. The molecule has 0 radical (unpaired) electrons. The van der Waals surface area contributed by atoms with E-state index in [0.717, 1.165) is 30.5 Å². The third-order valence-electron chi connectivity index (χ3n) is 6.03. The second-order valence-corrected chi connectivity index (χ2v) is 7.84. The Labute approximate surface area is 144 Å². The molecule has 1 aromatic rings. The number of nitrogens with zero attached hydrogens (tertiary/aromatic N) is 2. The SMILES string of the molecule is Cc1ccc(C(=O)N2CC(C(=O)N(C)C)C3(CCCC3)C2)cc1C. The standard InChI is InChI=1S/C20H28N2O2/c1-14-7-8-16(11-15(14)2)18(23)22-12-17(19(24)21(3)4)20(13-22)9-5-6-10-20/h7-8,11,17H,5-6,9-10,12-13H2,1-4H3. The zero-order valence-electron chi connectivity index (χ0n) is 15.3. The zero-order valence-corrected chi connectivity index (χ0v) is 15.3. The average molecular weight is 328 g/mol. The van der Waals surface area contributed by atoms with Crippen LogP contribution in [-0.2, 0) is 4.79 Å². The smallest absolute Gasteiger partial charge is 0.253 e. The molecule has 1 atom stereocenters. The van der Waals surface area contributed by atoms with Gasteiger partial charge in [-0.1, -0.05) is 18.9 Å². The second-order valence-electron chi connectivity index (χ2n) is 7.84. The van der Waals surface area contributed by atoms with Gasteiger partial charge in [0.25, 0.3) is 5.91 Å². The van der Waals surface area contributed by atoms with Gasteiger partial charge in [0.05, 0.1) is 5.92 Å². The molecule has 1 unspecified atom stereocenters. The first-order chi connectivity index (χ1) is 11.3. The van der Waals surface area contributed by atoms with Crippen molar-refractivity contribution in [2.24, 2.45) is 11.3 Å². The summed E-state index contributed by atoms with van der Waals surface area (Å²) in [6, 6.07) is 5.89. The van der Waals surface area contributed by atoms with Crippen LogP contribution in [0.1, 0.15) is 47.2 Å². The van der Waals surface area contributed by atoms with Crippen LogP contribution in [0.5, 0.6) is 0 Å². The molecule has 0 aromatic heterocycles. The van der Waals surface area contributed by atoms with Crippen LogP contribution >= 0.6 is 0 Å². The quantitative estimate of drug-likeness (QED) is 0.837. The van der Waals surface area contributed by atoms with Crippen LogP contribution in [0.4, 0.5) is 0 Å². The van der Waals surface area contributed by atoms with Gasteiger partial charge in [-0.15, -0.1) is 0 Å². The van der Waals surface area contributed by atoms with Gasteiger partial charge >= 0.3 is 0 Å². The Morgan fingerprint density at radius 2 is 1.79 bits per heavy atom. The molecule has 1 spiro atoms. The third kappa shape index (κ3) is 2.83. The van der Waals surface area contributed by atoms with Crippen molar-refractivity contribution in [3.05, 3.63) is 34.9 Å². The molecule has 4 heteroatoms. The molecule has 1 heterocycles. The van der Waals surface area contributed by atoms with Crippen molar-refractivity contribution in [1.82, 2.24) is 9.80 Å². The number of likely N-dealkylation sites (tertiary alicyclic amines) is 1. The summed E-state index contributed by atoms with van der Waals surface area (Å²) in [6.45, 7) is 5.37. The summed E-state index contributed by atoms with van der Waals surface area (Å²) in [4.78, 5) is 29.3. The van der Waals surface area contributed by atoms with Crippen molar-refractivity contribution in [2.45, 2.75) is 39.5 Å². The highest BCUT2D eigenvalue weighted by Crippen LogP contribution is 2.49. The van der Waals surface area contributed by atoms with Crippen LogP contribution in [0, 0.1) is 25.2 Å². The zero-order chi connectivity index (χ0) is 17.5. The molecule has 1 aliphatic carbocycles. The first-order valence-corrected chi connectivity index (χ1v) is 8.92. The molecule has 130 valence electrons. The molecule has 0 N–H and O–H groups in total. The Bertz CT molecular complexity index is 660. The minimum Gasteiger partial charge on any atom is -0.349 e. The van der Waals surface area contributed by atoms with E-state index in [4.69, 9.17) is 0 Å². The highest BCUT2D eigenvalue weighted by atomic mass is 16.2. The minimum atomic E-state index is -0.0505. The molecule has 3 rings (SSSR count). The summed E-state index contributed by atoms with van der Waals surface area (Å²) >= 11 is 0. The maximum atomic E-state index is 13.0. The van der Waals surface area contributed by atoms with E-state index in [1.165, 1.54) is 18.4 Å². The van der Waals surface area contributed by atoms with E-state index in [2.05, 4.69) is 6.92 Å². The monoisotopic (exact) mass is 328 g/mol. The van der Waals surface area contributed by atoms with Crippen LogP contribution in [0.25, 0.3) is 0 Å². The number of hydrogen-bond acceptors (Lipinski definition) is 2. The van der Waals surface area contributed by atoms with Crippen LogP contribution in [0.3, 0.4) is 0 Å². The van der Waals surface area contributed by atoms with Gasteiger partial charge in [-0.25, -0.2) is 0 Å². The van der Waals surface area contributed by atoms with Crippen LogP contribution in [0.2, 0.25) is 0 Å². The first kappa shape index (κ1) is 17.0. The number of aryl methyl sites for hydroxylation is 2. The predicted molar refractivity (Wildman–Crippen MR) is 94.9 cm³/mol. The molecule has 1 aliphatic heterocycles. The maximum absolute atomic E-state index is 13.0. The highest BCUT2D eigenvalue weighted by Gasteiger charge is 2.52. The molecule has 0 bridgehead atoms. The van der Waals surface area contributed by atoms with Gasteiger partial charge in [-0.3, -0.25) is 9.59 Å². The van der Waals surface area contributed by atoms with E-state index >= 15 is 0 Å². The lowest BCUT2D eigenvalue weighted by Gasteiger charge is -2.30. The molecule has 2 aliphatic rings. The summed E-state index contributed by atoms with van der Waals surface area (Å²) in [5.41, 5.74) is 3.07. The summed E-state index contributed by atoms with van der Waals surface area (Å²) in [5, 5.41) is 0. The fourth-order valence-electron chi connectivity index (χ4n) is 4.42. The fourth-order valence-corrected chi connectivity index (χ4v) is 4.42. The van der Waals surface area contributed by atoms with Gasteiger partial charge < -0.3 is 9.80 Å². The van der Waals surface area contributed by atoms with E-state index in [1.807, 2.05) is 44.1 Å². The lowest BCUT2D eigenvalue weighted by molar-refractivity contribution is -0.135. The largest absolute Gasteiger partial charge is 0.349 e. The van der Waals surface area contributed by atoms with E-state index in [-0.39, 0.29) is 23.1 Å². The molecule has 4 nitrogen and oxygen atoms in total. The topological polar surface area (TPSA) is 40.6 Å². The van der Waals surface area contributed by atoms with Crippen LogP contribution in [0.15, 0.2) is 18.2 Å². The molecule has 24 heavy (non-hydrogen) atoms. The van der Waals surface area contributed by atoms with Crippen molar-refractivity contribution >= 4 is 11.8 Å². The average Bonchev–Trinajstić information content (AvgIpc) is 3.16. The molecular weight excluding hydrogens is 300 g/mol. The lowest BCUT2D eigenvalue weighted by atomic mass is 9.76. The van der Waals surface area contributed by atoms with E-state index in [9.17, 15) is 9.59 Å². The normalized spacial score (nSPS) is 22.2. The minimum absolute atomic E-state index is 0.00322. The Hall–Kier alpha value is -1.84. The molecule has 1 saturated carbocycles. The molecule has 2 fully saturated rings. The summed E-state index contributed by atoms with van der Waals surface area (Å²) < 4.78 is 0. The van der Waals surface area contributed by atoms with Crippen molar-refractivity contribution < 1.29 is 9.59 Å². The van der Waals surface area contributed by atoms with Gasteiger partial charge in [-0.05, 0) is 49.9 Å². The van der Waals surface area contributed by atoms with Gasteiger partial charge in [-0.2, -0.15) is 0 Å². The second kappa shape index (κ2) is 6.23. The summed E-state index contributed by atoms with van der Waals surface area (Å²) in [7, 11) is 3.64. The van der Waals surface area contributed by atoms with Gasteiger partial charge in [0.15, 0.2) is 0 Å². The van der Waals surface area contributed by atoms with E-state index in [1.54, 1.807) is 4.90 Å². The molecule has 1 aromatic carbocycles. The first-order valence-electron chi connectivity index (χ1n) is 8.92. The number of hydrogen-bond donors (Lipinski definition) is 0.